The number of alkyl halides is 1. The van der Waals surface area contributed by atoms with Crippen LogP contribution < -0.4 is 10.6 Å². The monoisotopic (exact) mass is 419 g/mol. The zero-order valence-corrected chi connectivity index (χ0v) is 17.4. The molecule has 1 aromatic rings. The Balaban J connectivity index is 1.32. The summed E-state index contributed by atoms with van der Waals surface area (Å²) in [6, 6.07) is 1.36. The molecule has 9 heteroatoms. The number of carbonyl (C=O) groups excluding carboxylic acids is 2. The van der Waals surface area contributed by atoms with Crippen molar-refractivity contribution in [1.29, 1.82) is 5.26 Å². The van der Waals surface area contributed by atoms with Crippen molar-refractivity contribution in [3.63, 3.8) is 0 Å². The molecule has 3 saturated carbocycles. The maximum Gasteiger partial charge on any atom is 0.237 e. The van der Waals surface area contributed by atoms with Gasteiger partial charge in [0.2, 0.25) is 11.8 Å². The highest BCUT2D eigenvalue weighted by Crippen LogP contribution is 2.52. The maximum absolute atomic E-state index is 13.6. The Morgan fingerprint density at radius 1 is 1.34 bits per heavy atom. The van der Waals surface area contributed by atoms with Gasteiger partial charge in [-0.05, 0) is 45.4 Å². The van der Waals surface area contributed by atoms with Gasteiger partial charge < -0.3 is 15.5 Å². The first-order valence-electron chi connectivity index (χ1n) is 10.2. The zero-order valence-electron chi connectivity index (χ0n) is 16.5. The van der Waals surface area contributed by atoms with E-state index in [1.54, 1.807) is 0 Å². The molecule has 0 spiro atoms. The zero-order chi connectivity index (χ0) is 20.6. The molecule has 5 rings (SSSR count). The van der Waals surface area contributed by atoms with Crippen molar-refractivity contribution in [1.82, 2.24) is 15.2 Å². The number of nitrogens with one attached hydrogen (secondary N) is 2. The van der Waals surface area contributed by atoms with Crippen LogP contribution in [0.3, 0.4) is 0 Å². The van der Waals surface area contributed by atoms with Gasteiger partial charge in [0.05, 0.1) is 24.9 Å². The van der Waals surface area contributed by atoms with Gasteiger partial charge in [0.1, 0.15) is 12.2 Å². The number of amides is 2. The normalized spacial score (nSPS) is 33.5. The molecule has 29 heavy (non-hydrogen) atoms. The smallest absolute Gasteiger partial charge is 0.237 e. The van der Waals surface area contributed by atoms with Gasteiger partial charge in [-0.15, -0.1) is 11.3 Å². The molecule has 0 radical (unpaired) electrons. The molecule has 2 bridgehead atoms. The molecule has 7 nitrogen and oxygen atoms in total. The van der Waals surface area contributed by atoms with Gasteiger partial charge in [-0.25, -0.2) is 9.37 Å². The number of rotatable bonds is 5. The number of hydrogen-bond donors (Lipinski definition) is 2. The van der Waals surface area contributed by atoms with Crippen LogP contribution in [0.1, 0.15) is 50.6 Å². The minimum Gasteiger partial charge on any atom is -0.323 e. The Hall–Kier alpha value is -2.05. The summed E-state index contributed by atoms with van der Waals surface area (Å²) < 4.78 is 13.6. The van der Waals surface area contributed by atoms with Crippen molar-refractivity contribution in [2.45, 2.75) is 69.6 Å². The average molecular weight is 420 g/mol. The molecule has 0 aromatic carbocycles. The van der Waals surface area contributed by atoms with Crippen LogP contribution >= 0.6 is 11.3 Å². The second-order valence-corrected chi connectivity index (χ2v) is 9.54. The van der Waals surface area contributed by atoms with E-state index in [1.807, 2.05) is 18.4 Å². The highest BCUT2D eigenvalue weighted by molar-refractivity contribution is 7.13. The number of fused-ring (bicyclic) bond motifs is 3. The average Bonchev–Trinajstić information content (AvgIpc) is 3.32. The van der Waals surface area contributed by atoms with Crippen molar-refractivity contribution in [3.8, 4) is 6.07 Å². The summed E-state index contributed by atoms with van der Waals surface area (Å²) in [5, 5.41) is 18.1. The Labute approximate surface area is 173 Å². The number of thiazole rings is 1. The van der Waals surface area contributed by atoms with Crippen LogP contribution in [-0.4, -0.2) is 52.5 Å². The maximum atomic E-state index is 13.6. The Bertz CT molecular complexity index is 826. The van der Waals surface area contributed by atoms with Crippen molar-refractivity contribution in [3.05, 3.63) is 11.1 Å². The van der Waals surface area contributed by atoms with E-state index in [9.17, 15) is 14.0 Å². The largest absolute Gasteiger partial charge is 0.323 e. The predicted molar refractivity (Wildman–Crippen MR) is 107 cm³/mol. The van der Waals surface area contributed by atoms with Crippen molar-refractivity contribution in [2.24, 2.45) is 5.41 Å². The van der Waals surface area contributed by atoms with E-state index in [4.69, 9.17) is 5.26 Å². The molecule has 1 aliphatic heterocycles. The Morgan fingerprint density at radius 2 is 2.03 bits per heavy atom. The minimum atomic E-state index is -1.12. The first-order chi connectivity index (χ1) is 13.8. The molecule has 3 aliphatic carbocycles. The number of carbonyl (C=O) groups is 2. The summed E-state index contributed by atoms with van der Waals surface area (Å²) in [5.41, 5.74) is 0.403. The second kappa shape index (κ2) is 7.65. The molecule has 4 aliphatic rings. The lowest BCUT2D eigenvalue weighted by atomic mass is 9.57. The molecule has 1 saturated heterocycles. The van der Waals surface area contributed by atoms with Crippen LogP contribution in [0, 0.1) is 23.7 Å². The number of likely N-dealkylation sites (tertiary alicyclic amines) is 1. The molecule has 2 amide bonds. The molecule has 2 N–H and O–H groups in total. The van der Waals surface area contributed by atoms with Crippen LogP contribution in [0.25, 0.3) is 0 Å². The topological polar surface area (TPSA) is 98.1 Å². The lowest BCUT2D eigenvalue weighted by Gasteiger charge is -2.52. The number of aromatic nitrogens is 1. The summed E-state index contributed by atoms with van der Waals surface area (Å²) in [5.74, 6) is -0.162. The summed E-state index contributed by atoms with van der Waals surface area (Å²) in [7, 11) is 0. The number of nitrogens with zero attached hydrogens (tertiary/aromatic N) is 3. The van der Waals surface area contributed by atoms with Gasteiger partial charge in [-0.3, -0.25) is 9.59 Å². The quantitative estimate of drug-likeness (QED) is 0.764. The van der Waals surface area contributed by atoms with E-state index in [2.05, 4.69) is 15.6 Å². The first kappa shape index (κ1) is 20.2. The molecule has 156 valence electrons. The Kier molecular flexibility index (Phi) is 5.34. The highest BCUT2D eigenvalue weighted by Gasteiger charge is 2.52. The van der Waals surface area contributed by atoms with Gasteiger partial charge in [0, 0.05) is 22.8 Å². The SMILES string of the molecule is Cc1csc(NC(=O)C23CCC(NCC(=O)N4C[C@@H](F)C[C@H]4C#N)(CC2)CC3)n1. The predicted octanol–water partition coefficient (Wildman–Crippen LogP) is 2.54. The summed E-state index contributed by atoms with van der Waals surface area (Å²) in [6.45, 7) is 2.02. The van der Waals surface area contributed by atoms with Gasteiger partial charge in [-0.2, -0.15) is 5.26 Å². The summed E-state index contributed by atoms with van der Waals surface area (Å²) in [6.07, 6.45) is 3.81. The molecule has 1 aromatic heterocycles. The van der Waals surface area contributed by atoms with E-state index in [-0.39, 0.29) is 42.3 Å². The van der Waals surface area contributed by atoms with Gasteiger partial charge in [-0.1, -0.05) is 0 Å². The fraction of sp³-hybridized carbons (Fsp3) is 0.700. The number of anilines is 1. The third kappa shape index (κ3) is 3.88. The lowest BCUT2D eigenvalue weighted by molar-refractivity contribution is -0.135. The molecule has 2 heterocycles. The number of halogens is 1. The standard InChI is InChI=1S/C20H26FN5O2S/c1-13-12-29-18(24-13)25-17(28)19-2-5-20(6-3-19,7-4-19)23-10-16(27)26-11-14(21)8-15(26)9-22/h12,14-15,23H,2-8,10-11H2,1H3,(H,24,25,28)/t14-,15-,19?,20?/m0/s1. The fourth-order valence-corrected chi connectivity index (χ4v) is 5.66. The Morgan fingerprint density at radius 3 is 2.62 bits per heavy atom. The molecule has 2 atom stereocenters. The van der Waals surface area contributed by atoms with E-state index < -0.39 is 12.2 Å². The van der Waals surface area contributed by atoms with Crippen LogP contribution in [-0.2, 0) is 9.59 Å². The van der Waals surface area contributed by atoms with E-state index >= 15 is 0 Å². The van der Waals surface area contributed by atoms with Crippen molar-refractivity contribution < 1.29 is 14.0 Å². The second-order valence-electron chi connectivity index (χ2n) is 8.69. The first-order valence-corrected chi connectivity index (χ1v) is 11.0. The molecule has 4 fully saturated rings. The van der Waals surface area contributed by atoms with Gasteiger partial charge in [0.25, 0.3) is 0 Å². The number of hydrogen-bond acceptors (Lipinski definition) is 6. The van der Waals surface area contributed by atoms with Gasteiger partial charge >= 0.3 is 0 Å². The van der Waals surface area contributed by atoms with Crippen LogP contribution in [0.15, 0.2) is 5.38 Å². The fourth-order valence-electron chi connectivity index (χ4n) is 4.98. The van der Waals surface area contributed by atoms with Crippen molar-refractivity contribution >= 4 is 28.3 Å². The van der Waals surface area contributed by atoms with E-state index in [1.165, 1.54) is 16.2 Å². The van der Waals surface area contributed by atoms with Crippen LogP contribution in [0.2, 0.25) is 0 Å². The summed E-state index contributed by atoms with van der Waals surface area (Å²) in [4.78, 5) is 31.1. The highest BCUT2D eigenvalue weighted by atomic mass is 32.1. The summed E-state index contributed by atoms with van der Waals surface area (Å²) >= 11 is 1.44. The lowest BCUT2D eigenvalue weighted by Crippen LogP contribution is -2.59. The molecular formula is C20H26FN5O2S. The third-order valence-electron chi connectivity index (χ3n) is 6.90. The number of aryl methyl sites for hydroxylation is 1. The molecule has 0 unspecified atom stereocenters. The number of nitriles is 1. The van der Waals surface area contributed by atoms with Crippen LogP contribution in [0.4, 0.5) is 9.52 Å². The minimum absolute atomic E-state index is 0.00521. The van der Waals surface area contributed by atoms with E-state index in [0.717, 1.165) is 44.2 Å². The third-order valence-corrected chi connectivity index (χ3v) is 7.78. The van der Waals surface area contributed by atoms with Crippen molar-refractivity contribution in [2.75, 3.05) is 18.4 Å². The molecular weight excluding hydrogens is 393 g/mol. The van der Waals surface area contributed by atoms with Crippen LogP contribution in [0.5, 0.6) is 0 Å². The van der Waals surface area contributed by atoms with E-state index in [0.29, 0.717) is 5.13 Å². The van der Waals surface area contributed by atoms with Gasteiger partial charge in [0.15, 0.2) is 5.13 Å².